The Morgan fingerprint density at radius 3 is 2.67 bits per heavy atom. The van der Waals surface area contributed by atoms with Gasteiger partial charge in [0, 0.05) is 42.2 Å². The molecule has 2 aromatic heterocycles. The number of piperazine rings is 1. The van der Waals surface area contributed by atoms with Gasteiger partial charge in [0.1, 0.15) is 30.0 Å². The number of benzene rings is 2. The summed E-state index contributed by atoms with van der Waals surface area (Å²) in [6, 6.07) is 10.6. The molecule has 7 rings (SSSR count). The summed E-state index contributed by atoms with van der Waals surface area (Å²) in [5.41, 5.74) is 1.72. The number of aromatic nitrogens is 4. The van der Waals surface area contributed by atoms with E-state index in [1.807, 2.05) is 24.3 Å². The monoisotopic (exact) mass is 529 g/mol. The summed E-state index contributed by atoms with van der Waals surface area (Å²) in [6.07, 6.45) is 5.95. The molecule has 3 aliphatic rings. The van der Waals surface area contributed by atoms with Crippen LogP contribution in [0.3, 0.4) is 0 Å². The van der Waals surface area contributed by atoms with Gasteiger partial charge < -0.3 is 24.6 Å². The third-order valence-electron chi connectivity index (χ3n) is 8.46. The molecule has 3 aliphatic heterocycles. The first-order valence-electron chi connectivity index (χ1n) is 13.7. The van der Waals surface area contributed by atoms with Crippen LogP contribution in [0.15, 0.2) is 36.7 Å². The van der Waals surface area contributed by atoms with E-state index in [1.54, 1.807) is 13.2 Å². The molecule has 1 N–H and O–H groups in total. The number of halogens is 1. The van der Waals surface area contributed by atoms with Crippen LogP contribution in [0.5, 0.6) is 11.8 Å². The van der Waals surface area contributed by atoms with E-state index in [9.17, 15) is 0 Å². The lowest BCUT2D eigenvalue weighted by atomic mass is 10.0. The summed E-state index contributed by atoms with van der Waals surface area (Å²) in [7, 11) is 3.70. The highest BCUT2D eigenvalue weighted by Gasteiger charge is 2.34. The average molecular weight is 530 g/mol. The molecular weight excluding hydrogens is 497 g/mol. The van der Waals surface area contributed by atoms with Crippen molar-refractivity contribution >= 4 is 27.6 Å². The highest BCUT2D eigenvalue weighted by Crippen LogP contribution is 2.38. The molecule has 0 unspecified atom stereocenters. The number of rotatable bonds is 6. The number of anilines is 1. The van der Waals surface area contributed by atoms with Crippen molar-refractivity contribution in [2.75, 3.05) is 45.3 Å². The van der Waals surface area contributed by atoms with Gasteiger partial charge in [-0.15, -0.1) is 0 Å². The molecular formula is C29H32FN7O2. The van der Waals surface area contributed by atoms with E-state index in [4.69, 9.17) is 14.5 Å². The largest absolute Gasteiger partial charge is 0.496 e. The lowest BCUT2D eigenvalue weighted by molar-refractivity contribution is 0.188. The molecule has 4 aromatic rings. The van der Waals surface area contributed by atoms with Crippen LogP contribution >= 0.6 is 0 Å². The SMILES string of the molecule is COc1cccc2ncnc(-c3ccc4c(N5C[C@H]6CC[C@@H](C5)N6)nc(OC[C@@H]5CCCN5C)nc4c3F)c12. The Morgan fingerprint density at radius 1 is 1.05 bits per heavy atom. The minimum absolute atomic E-state index is 0.213. The van der Waals surface area contributed by atoms with Crippen molar-refractivity contribution in [3.05, 3.63) is 42.5 Å². The van der Waals surface area contributed by atoms with Crippen molar-refractivity contribution in [2.24, 2.45) is 0 Å². The van der Waals surface area contributed by atoms with Gasteiger partial charge in [-0.2, -0.15) is 9.97 Å². The van der Waals surface area contributed by atoms with Crippen molar-refractivity contribution in [3.63, 3.8) is 0 Å². The van der Waals surface area contributed by atoms with E-state index in [0.717, 1.165) is 51.1 Å². The molecule has 3 saturated heterocycles. The van der Waals surface area contributed by atoms with Gasteiger partial charge in [-0.05, 0) is 63.5 Å². The summed E-state index contributed by atoms with van der Waals surface area (Å²) in [5, 5.41) is 5.00. The summed E-state index contributed by atoms with van der Waals surface area (Å²) in [4.78, 5) is 22.9. The third-order valence-corrected chi connectivity index (χ3v) is 8.46. The first-order chi connectivity index (χ1) is 19.1. The second-order valence-electron chi connectivity index (χ2n) is 10.9. The van der Waals surface area contributed by atoms with Crippen LogP contribution in [0.4, 0.5) is 10.2 Å². The highest BCUT2D eigenvalue weighted by atomic mass is 19.1. The molecule has 0 aliphatic carbocycles. The van der Waals surface area contributed by atoms with E-state index >= 15 is 4.39 Å². The molecule has 0 saturated carbocycles. The Hall–Kier alpha value is -3.63. The molecule has 202 valence electrons. The van der Waals surface area contributed by atoms with E-state index in [-0.39, 0.29) is 11.5 Å². The molecule has 10 heteroatoms. The Morgan fingerprint density at radius 2 is 1.90 bits per heavy atom. The van der Waals surface area contributed by atoms with Crippen LogP contribution in [0.2, 0.25) is 0 Å². The number of hydrogen-bond acceptors (Lipinski definition) is 9. The molecule has 3 atom stereocenters. The van der Waals surface area contributed by atoms with Crippen LogP contribution in [0, 0.1) is 5.82 Å². The fourth-order valence-electron chi connectivity index (χ4n) is 6.40. The standard InChI is InChI=1S/C29H32FN7O2/c1-36-12-4-5-19(36)15-39-29-34-27-21(28(35-29)37-13-17-8-9-18(14-37)33-17)11-10-20(25(27)30)26-24-22(31-16-32-26)6-3-7-23(24)38-2/h3,6-7,10-11,16-19,33H,4-5,8-9,12-15H2,1-2H3/t17-,18+,19-/m0/s1. The lowest BCUT2D eigenvalue weighted by Crippen LogP contribution is -2.51. The third kappa shape index (κ3) is 4.31. The summed E-state index contributed by atoms with van der Waals surface area (Å²) >= 11 is 0. The maximum absolute atomic E-state index is 16.5. The number of methoxy groups -OCH3 is 1. The lowest BCUT2D eigenvalue weighted by Gasteiger charge is -2.34. The van der Waals surface area contributed by atoms with Gasteiger partial charge in [0.2, 0.25) is 0 Å². The number of nitrogens with one attached hydrogen (secondary N) is 1. The van der Waals surface area contributed by atoms with Gasteiger partial charge in [0.15, 0.2) is 5.82 Å². The van der Waals surface area contributed by atoms with Crippen LogP contribution in [0.25, 0.3) is 33.1 Å². The predicted molar refractivity (Wildman–Crippen MR) is 148 cm³/mol. The topological polar surface area (TPSA) is 88.5 Å². The van der Waals surface area contributed by atoms with E-state index < -0.39 is 5.82 Å². The minimum atomic E-state index is -0.456. The van der Waals surface area contributed by atoms with Crippen LogP contribution in [-0.4, -0.2) is 83.4 Å². The van der Waals surface area contributed by atoms with Crippen molar-refractivity contribution in [1.82, 2.24) is 30.2 Å². The Labute approximate surface area is 226 Å². The summed E-state index contributed by atoms with van der Waals surface area (Å²) in [6.45, 7) is 3.17. The van der Waals surface area contributed by atoms with Crippen molar-refractivity contribution in [1.29, 1.82) is 0 Å². The Balaban J connectivity index is 1.36. The molecule has 0 spiro atoms. The van der Waals surface area contributed by atoms with E-state index in [2.05, 4.69) is 37.1 Å². The highest BCUT2D eigenvalue weighted by molar-refractivity contribution is 6.00. The van der Waals surface area contributed by atoms with Crippen LogP contribution in [0.1, 0.15) is 25.7 Å². The van der Waals surface area contributed by atoms with E-state index in [1.165, 1.54) is 6.33 Å². The first-order valence-corrected chi connectivity index (χ1v) is 13.7. The molecule has 5 heterocycles. The molecule has 0 amide bonds. The molecule has 39 heavy (non-hydrogen) atoms. The van der Waals surface area contributed by atoms with Crippen molar-refractivity contribution in [3.8, 4) is 23.0 Å². The second kappa shape index (κ2) is 9.84. The van der Waals surface area contributed by atoms with Gasteiger partial charge in [-0.1, -0.05) is 6.07 Å². The van der Waals surface area contributed by atoms with E-state index in [0.29, 0.717) is 58.0 Å². The van der Waals surface area contributed by atoms with Crippen LogP contribution in [-0.2, 0) is 0 Å². The normalized spacial score (nSPS) is 23.2. The molecule has 0 radical (unpaired) electrons. The van der Waals surface area contributed by atoms with Crippen LogP contribution < -0.4 is 19.7 Å². The quantitative estimate of drug-likeness (QED) is 0.401. The summed E-state index contributed by atoms with van der Waals surface area (Å²) < 4.78 is 28.3. The minimum Gasteiger partial charge on any atom is -0.496 e. The zero-order valence-electron chi connectivity index (χ0n) is 22.2. The number of fused-ring (bicyclic) bond motifs is 4. The average Bonchev–Trinajstić information content (AvgIpc) is 3.54. The fraction of sp³-hybridized carbons (Fsp3) is 0.448. The maximum Gasteiger partial charge on any atom is 0.319 e. The second-order valence-corrected chi connectivity index (χ2v) is 10.9. The van der Waals surface area contributed by atoms with Crippen molar-refractivity contribution in [2.45, 2.75) is 43.8 Å². The van der Waals surface area contributed by atoms with Gasteiger partial charge in [0.25, 0.3) is 0 Å². The maximum atomic E-state index is 16.5. The fourth-order valence-corrected chi connectivity index (χ4v) is 6.40. The van der Waals surface area contributed by atoms with Gasteiger partial charge in [0.05, 0.1) is 23.7 Å². The molecule has 2 aromatic carbocycles. The number of hydrogen-bond donors (Lipinski definition) is 1. The predicted octanol–water partition coefficient (Wildman–Crippen LogP) is 3.80. The molecule has 2 bridgehead atoms. The Bertz CT molecular complexity index is 1530. The number of nitrogens with zero attached hydrogens (tertiary/aromatic N) is 6. The summed E-state index contributed by atoms with van der Waals surface area (Å²) in [5.74, 6) is 0.860. The zero-order valence-corrected chi connectivity index (χ0v) is 22.2. The van der Waals surface area contributed by atoms with Gasteiger partial charge >= 0.3 is 6.01 Å². The Kier molecular flexibility index (Phi) is 6.16. The van der Waals surface area contributed by atoms with Gasteiger partial charge in [-0.25, -0.2) is 14.4 Å². The molecule has 9 nitrogen and oxygen atoms in total. The number of ether oxygens (including phenoxy) is 2. The first kappa shape index (κ1) is 24.4. The smallest absolute Gasteiger partial charge is 0.319 e. The number of likely N-dealkylation sites (tertiary alicyclic amines) is 1. The van der Waals surface area contributed by atoms with Crippen molar-refractivity contribution < 1.29 is 13.9 Å². The zero-order chi connectivity index (χ0) is 26.5. The number of likely N-dealkylation sites (N-methyl/N-ethyl adjacent to an activating group) is 1. The molecule has 3 fully saturated rings. The van der Waals surface area contributed by atoms with Gasteiger partial charge in [-0.3, -0.25) is 0 Å².